The molecule has 16 heteroatoms. The Labute approximate surface area is 306 Å². The van der Waals surface area contributed by atoms with Crippen LogP contribution in [0.4, 0.5) is 0 Å². The lowest BCUT2D eigenvalue weighted by Gasteiger charge is -2.34. The van der Waals surface area contributed by atoms with Gasteiger partial charge in [-0.2, -0.15) is 10.2 Å². The molecule has 16 nitrogen and oxygen atoms in total. The van der Waals surface area contributed by atoms with Gasteiger partial charge < -0.3 is 9.97 Å². The number of aromatic amines is 2. The van der Waals surface area contributed by atoms with Gasteiger partial charge in [-0.05, 0) is 74.9 Å². The number of aryl methyl sites for hydroxylation is 2. The quantitative estimate of drug-likeness (QED) is 0.243. The standard InChI is InChI=1S/2C19H17N7O/c2*1-11-5-8-20-10-15(11)26-18-14(9-23-26)19(27)25-17(24-18)13-4-3-12(13)16-21-6-2-7-22-16/h2*2,5-10,12-13H,3-4H2,1H3,(H,24,25,27)/t12-,13+;/m1./s1. The summed E-state index contributed by atoms with van der Waals surface area (Å²) >= 11 is 0. The summed E-state index contributed by atoms with van der Waals surface area (Å²) < 4.78 is 3.37. The summed E-state index contributed by atoms with van der Waals surface area (Å²) in [6.07, 6.45) is 20.9. The molecule has 10 rings (SSSR count). The van der Waals surface area contributed by atoms with Crippen LogP contribution in [0.2, 0.25) is 0 Å². The topological polar surface area (TPSA) is 204 Å². The van der Waals surface area contributed by atoms with Crippen molar-refractivity contribution in [3.63, 3.8) is 0 Å². The van der Waals surface area contributed by atoms with E-state index in [1.165, 1.54) is 0 Å². The lowest BCUT2D eigenvalue weighted by Crippen LogP contribution is -2.27. The number of aromatic nitrogens is 14. The second-order valence-electron chi connectivity index (χ2n) is 13.6. The molecule has 0 bridgehead atoms. The zero-order valence-electron chi connectivity index (χ0n) is 29.4. The van der Waals surface area contributed by atoms with Crippen LogP contribution in [-0.2, 0) is 0 Å². The lowest BCUT2D eigenvalue weighted by molar-refractivity contribution is 0.319. The maximum absolute atomic E-state index is 12.6. The molecular formula is C38H34N14O2. The molecule has 0 amide bonds. The van der Waals surface area contributed by atoms with Gasteiger partial charge in [0.15, 0.2) is 11.3 Å². The van der Waals surface area contributed by atoms with E-state index in [0.29, 0.717) is 33.7 Å². The molecule has 2 unspecified atom stereocenters. The predicted octanol–water partition coefficient (Wildman–Crippen LogP) is 4.53. The van der Waals surface area contributed by atoms with Gasteiger partial charge in [0.2, 0.25) is 0 Å². The molecule has 2 N–H and O–H groups in total. The average molecular weight is 719 g/mol. The first-order valence-electron chi connectivity index (χ1n) is 17.8. The van der Waals surface area contributed by atoms with Crippen molar-refractivity contribution >= 4 is 22.1 Å². The summed E-state index contributed by atoms with van der Waals surface area (Å²) in [7, 11) is 0. The number of nitrogens with one attached hydrogen (secondary N) is 2. The molecule has 0 radical (unpaired) electrons. The van der Waals surface area contributed by atoms with Gasteiger partial charge in [0.05, 0.1) is 36.2 Å². The van der Waals surface area contributed by atoms with Crippen LogP contribution in [0.15, 0.2) is 95.8 Å². The van der Waals surface area contributed by atoms with Crippen LogP contribution in [0.1, 0.15) is 83.8 Å². The third kappa shape index (κ3) is 5.81. The molecule has 8 aromatic rings. The molecule has 8 heterocycles. The SMILES string of the molecule is Cc1ccncc1-n1ncc2c(=O)[nH]c(C3CCC3c3ncccn3)nc21.Cc1ccncc1-n1ncc2c(=O)[nH]c([C@H]3CC[C@H]3c3ncccn3)nc21. The fourth-order valence-electron chi connectivity index (χ4n) is 7.21. The zero-order valence-corrected chi connectivity index (χ0v) is 29.4. The van der Waals surface area contributed by atoms with Crippen molar-refractivity contribution < 1.29 is 0 Å². The van der Waals surface area contributed by atoms with Crippen LogP contribution in [0.3, 0.4) is 0 Å². The predicted molar refractivity (Wildman–Crippen MR) is 198 cm³/mol. The summed E-state index contributed by atoms with van der Waals surface area (Å²) in [4.78, 5) is 66.5. The van der Waals surface area contributed by atoms with Crippen molar-refractivity contribution in [1.82, 2.24) is 69.4 Å². The highest BCUT2D eigenvalue weighted by atomic mass is 16.1. The van der Waals surface area contributed by atoms with Crippen LogP contribution in [-0.4, -0.2) is 69.4 Å². The molecule has 268 valence electrons. The molecule has 2 saturated carbocycles. The smallest absolute Gasteiger partial charge is 0.262 e. The number of H-pyrrole nitrogens is 2. The van der Waals surface area contributed by atoms with Crippen LogP contribution in [0.25, 0.3) is 33.4 Å². The summed E-state index contributed by atoms with van der Waals surface area (Å²) in [6.45, 7) is 3.96. The van der Waals surface area contributed by atoms with Gasteiger partial charge >= 0.3 is 0 Å². The normalized spacial score (nSPS) is 19.1. The average Bonchev–Trinajstić information content (AvgIpc) is 3.78. The van der Waals surface area contributed by atoms with Crippen LogP contribution in [0, 0.1) is 13.8 Å². The van der Waals surface area contributed by atoms with E-state index in [-0.39, 0.29) is 34.8 Å². The largest absolute Gasteiger partial charge is 0.310 e. The van der Waals surface area contributed by atoms with Crippen molar-refractivity contribution in [2.75, 3.05) is 0 Å². The Morgan fingerprint density at radius 2 is 0.963 bits per heavy atom. The Hall–Kier alpha value is -6.84. The Balaban J connectivity index is 0.000000142. The molecule has 0 saturated heterocycles. The van der Waals surface area contributed by atoms with E-state index in [2.05, 4.69) is 50.1 Å². The van der Waals surface area contributed by atoms with Crippen molar-refractivity contribution in [2.24, 2.45) is 0 Å². The van der Waals surface area contributed by atoms with Gasteiger partial charge in [0.25, 0.3) is 11.1 Å². The van der Waals surface area contributed by atoms with E-state index >= 15 is 0 Å². The Morgan fingerprint density at radius 1 is 0.556 bits per heavy atom. The summed E-state index contributed by atoms with van der Waals surface area (Å²) in [5.74, 6) is 3.47. The highest BCUT2D eigenvalue weighted by molar-refractivity contribution is 5.76. The second kappa shape index (κ2) is 13.6. The van der Waals surface area contributed by atoms with Crippen LogP contribution in [0.5, 0.6) is 0 Å². The fraction of sp³-hybridized carbons (Fsp3) is 0.263. The molecule has 2 fully saturated rings. The maximum atomic E-state index is 12.6. The number of hydrogen-bond acceptors (Lipinski definition) is 12. The third-order valence-electron chi connectivity index (χ3n) is 10.5. The van der Waals surface area contributed by atoms with Crippen LogP contribution < -0.4 is 11.1 Å². The Kier molecular flexibility index (Phi) is 8.33. The number of nitrogens with zero attached hydrogens (tertiary/aromatic N) is 12. The van der Waals surface area contributed by atoms with Gasteiger partial charge in [-0.15, -0.1) is 0 Å². The molecule has 8 aromatic heterocycles. The van der Waals surface area contributed by atoms with Gasteiger partial charge in [-0.3, -0.25) is 19.6 Å². The van der Waals surface area contributed by atoms with Crippen molar-refractivity contribution in [1.29, 1.82) is 0 Å². The van der Waals surface area contributed by atoms with E-state index in [1.807, 2.05) is 26.0 Å². The van der Waals surface area contributed by atoms with Crippen molar-refractivity contribution in [2.45, 2.75) is 63.2 Å². The first-order chi connectivity index (χ1) is 26.4. The number of pyridine rings is 2. The molecule has 54 heavy (non-hydrogen) atoms. The van der Waals surface area contributed by atoms with Crippen molar-refractivity contribution in [3.8, 4) is 11.4 Å². The first kappa shape index (κ1) is 33.0. The second-order valence-corrected chi connectivity index (χ2v) is 13.6. The van der Waals surface area contributed by atoms with E-state index in [1.54, 1.807) is 83.5 Å². The van der Waals surface area contributed by atoms with Gasteiger partial charge in [0.1, 0.15) is 34.1 Å². The lowest BCUT2D eigenvalue weighted by atomic mass is 9.72. The molecule has 0 aromatic carbocycles. The highest BCUT2D eigenvalue weighted by Crippen LogP contribution is 2.47. The zero-order chi connectivity index (χ0) is 36.8. The minimum absolute atomic E-state index is 0.0999. The van der Waals surface area contributed by atoms with Gasteiger partial charge in [-0.1, -0.05) is 0 Å². The molecule has 0 aliphatic heterocycles. The summed E-state index contributed by atoms with van der Waals surface area (Å²) in [5.41, 5.74) is 4.38. The molecular weight excluding hydrogens is 685 g/mol. The van der Waals surface area contributed by atoms with Crippen molar-refractivity contribution in [3.05, 3.63) is 141 Å². The molecule has 0 spiro atoms. The van der Waals surface area contributed by atoms with E-state index in [9.17, 15) is 9.59 Å². The van der Waals surface area contributed by atoms with Gasteiger partial charge in [-0.25, -0.2) is 39.3 Å². The number of hydrogen-bond donors (Lipinski definition) is 2. The van der Waals surface area contributed by atoms with E-state index in [0.717, 1.165) is 59.8 Å². The molecule has 2 aliphatic rings. The third-order valence-corrected chi connectivity index (χ3v) is 10.5. The minimum Gasteiger partial charge on any atom is -0.310 e. The van der Waals surface area contributed by atoms with Crippen LogP contribution >= 0.6 is 0 Å². The summed E-state index contributed by atoms with van der Waals surface area (Å²) in [6, 6.07) is 7.42. The molecule has 2 aliphatic carbocycles. The number of fused-ring (bicyclic) bond motifs is 2. The fourth-order valence-corrected chi connectivity index (χ4v) is 7.21. The summed E-state index contributed by atoms with van der Waals surface area (Å²) in [5, 5.41) is 9.69. The number of rotatable bonds is 6. The highest BCUT2D eigenvalue weighted by Gasteiger charge is 2.38. The van der Waals surface area contributed by atoms with Gasteiger partial charge in [0, 0.05) is 60.9 Å². The van der Waals surface area contributed by atoms with E-state index < -0.39 is 0 Å². The maximum Gasteiger partial charge on any atom is 0.262 e. The molecule has 4 atom stereocenters. The first-order valence-corrected chi connectivity index (χ1v) is 17.8. The minimum atomic E-state index is -0.178. The van der Waals surface area contributed by atoms with E-state index in [4.69, 9.17) is 9.97 Å². The monoisotopic (exact) mass is 718 g/mol. The Morgan fingerprint density at radius 3 is 1.33 bits per heavy atom. The Bertz CT molecular complexity index is 2550.